The molecule has 0 aromatic carbocycles. The van der Waals surface area contributed by atoms with Crippen molar-refractivity contribution in [3.05, 3.63) is 29.0 Å². The zero-order valence-electron chi connectivity index (χ0n) is 11.9. The number of piperidine rings is 1. The van der Waals surface area contributed by atoms with Crippen molar-refractivity contribution in [1.82, 2.24) is 9.88 Å². The fourth-order valence-corrected chi connectivity index (χ4v) is 3.52. The van der Waals surface area contributed by atoms with Crippen LogP contribution in [0.15, 0.2) is 22.8 Å². The summed E-state index contributed by atoms with van der Waals surface area (Å²) in [5.41, 5.74) is 0.505. The summed E-state index contributed by atoms with van der Waals surface area (Å²) in [5, 5.41) is 10.0. The zero-order chi connectivity index (χ0) is 14.8. The van der Waals surface area contributed by atoms with Crippen LogP contribution in [0.5, 0.6) is 0 Å². The predicted molar refractivity (Wildman–Crippen MR) is 80.3 cm³/mol. The molecule has 6 heteroatoms. The minimum atomic E-state index is -0.0419. The molecule has 1 aliphatic heterocycles. The third kappa shape index (κ3) is 2.87. The minimum absolute atomic E-state index is 0.0419. The summed E-state index contributed by atoms with van der Waals surface area (Å²) in [6.45, 7) is 3.40. The summed E-state index contributed by atoms with van der Waals surface area (Å²) in [6, 6.07) is 3.65. The number of hydrogen-bond acceptors (Lipinski definition) is 5. The molecule has 5 nitrogen and oxygen atoms in total. The summed E-state index contributed by atoms with van der Waals surface area (Å²) in [4.78, 5) is 19.8. The summed E-state index contributed by atoms with van der Waals surface area (Å²) in [5.74, 6) is 0.833. The molecule has 3 rings (SSSR count). The number of amides is 1. The summed E-state index contributed by atoms with van der Waals surface area (Å²) in [7, 11) is 0. The molecule has 1 fully saturated rings. The number of carbonyl (C=O) groups excluding carboxylic acids is 1. The Kier molecular flexibility index (Phi) is 4.07. The van der Waals surface area contributed by atoms with Crippen molar-refractivity contribution >= 4 is 17.2 Å². The van der Waals surface area contributed by atoms with Crippen molar-refractivity contribution in [2.45, 2.75) is 19.8 Å². The molecule has 0 radical (unpaired) electrons. The number of furan rings is 1. The lowest BCUT2D eigenvalue weighted by Gasteiger charge is -2.31. The molecule has 0 aliphatic carbocycles. The van der Waals surface area contributed by atoms with Crippen LogP contribution in [0.2, 0.25) is 0 Å². The number of aliphatic hydroxyl groups is 1. The van der Waals surface area contributed by atoms with Gasteiger partial charge in [0.2, 0.25) is 0 Å². The molecule has 112 valence electrons. The summed E-state index contributed by atoms with van der Waals surface area (Å²) < 4.78 is 5.34. The Morgan fingerprint density at radius 1 is 1.62 bits per heavy atom. The van der Waals surface area contributed by atoms with Crippen LogP contribution in [-0.2, 0) is 0 Å². The first-order valence-electron chi connectivity index (χ1n) is 7.10. The Labute approximate surface area is 127 Å². The van der Waals surface area contributed by atoms with Gasteiger partial charge < -0.3 is 14.4 Å². The van der Waals surface area contributed by atoms with E-state index < -0.39 is 0 Å². The highest BCUT2D eigenvalue weighted by Crippen LogP contribution is 2.29. The second kappa shape index (κ2) is 5.99. The van der Waals surface area contributed by atoms with E-state index >= 15 is 0 Å². The normalized spacial score (nSPS) is 19.0. The highest BCUT2D eigenvalue weighted by atomic mass is 32.1. The largest absolute Gasteiger partial charge is 0.462 e. The van der Waals surface area contributed by atoms with E-state index in [0.717, 1.165) is 29.3 Å². The molecule has 1 atom stereocenters. The molecule has 1 aliphatic rings. The Hall–Kier alpha value is -1.66. The molecule has 2 aromatic rings. The minimum Gasteiger partial charge on any atom is -0.462 e. The van der Waals surface area contributed by atoms with E-state index in [-0.39, 0.29) is 18.4 Å². The first-order valence-corrected chi connectivity index (χ1v) is 7.92. The number of rotatable bonds is 3. The van der Waals surface area contributed by atoms with Crippen LogP contribution in [0.4, 0.5) is 0 Å². The van der Waals surface area contributed by atoms with Gasteiger partial charge in [0.15, 0.2) is 10.8 Å². The van der Waals surface area contributed by atoms with Gasteiger partial charge in [-0.05, 0) is 37.8 Å². The fraction of sp³-hybridized carbons (Fsp3) is 0.467. The van der Waals surface area contributed by atoms with Crippen molar-refractivity contribution in [2.24, 2.45) is 5.92 Å². The van der Waals surface area contributed by atoms with Crippen LogP contribution in [0.25, 0.3) is 10.8 Å². The summed E-state index contributed by atoms with van der Waals surface area (Å²) in [6.07, 6.45) is 3.52. The molecule has 0 saturated carbocycles. The second-order valence-corrected chi connectivity index (χ2v) is 6.55. The lowest BCUT2D eigenvalue weighted by Crippen LogP contribution is -2.41. The molecule has 1 N–H and O–H groups in total. The van der Waals surface area contributed by atoms with Crippen LogP contribution in [-0.4, -0.2) is 40.6 Å². The second-order valence-electron chi connectivity index (χ2n) is 5.34. The van der Waals surface area contributed by atoms with E-state index in [9.17, 15) is 9.90 Å². The van der Waals surface area contributed by atoms with E-state index in [0.29, 0.717) is 18.0 Å². The zero-order valence-corrected chi connectivity index (χ0v) is 12.7. The first kappa shape index (κ1) is 14.3. The van der Waals surface area contributed by atoms with Crippen molar-refractivity contribution in [3.8, 4) is 10.8 Å². The topological polar surface area (TPSA) is 66.6 Å². The average molecular weight is 306 g/mol. The third-order valence-electron chi connectivity index (χ3n) is 3.80. The summed E-state index contributed by atoms with van der Waals surface area (Å²) >= 11 is 1.47. The van der Waals surface area contributed by atoms with Crippen LogP contribution >= 0.6 is 11.3 Å². The van der Waals surface area contributed by atoms with E-state index in [1.165, 1.54) is 11.3 Å². The number of aryl methyl sites for hydroxylation is 1. The number of hydrogen-bond donors (Lipinski definition) is 1. The Morgan fingerprint density at radius 2 is 2.48 bits per heavy atom. The van der Waals surface area contributed by atoms with Gasteiger partial charge >= 0.3 is 0 Å². The maximum atomic E-state index is 12.6. The number of thiazole rings is 1. The molecule has 2 aromatic heterocycles. The Morgan fingerprint density at radius 3 is 3.19 bits per heavy atom. The van der Waals surface area contributed by atoms with E-state index in [2.05, 4.69) is 4.98 Å². The Balaban J connectivity index is 1.81. The fourth-order valence-electron chi connectivity index (χ4n) is 2.65. The van der Waals surface area contributed by atoms with Crippen LogP contribution in [0.3, 0.4) is 0 Å². The van der Waals surface area contributed by atoms with Gasteiger partial charge in [0.05, 0.1) is 6.26 Å². The predicted octanol–water partition coefficient (Wildman–Crippen LogP) is 2.56. The van der Waals surface area contributed by atoms with Gasteiger partial charge in [0.25, 0.3) is 5.91 Å². The van der Waals surface area contributed by atoms with Gasteiger partial charge in [-0.3, -0.25) is 4.79 Å². The number of aliphatic hydroxyl groups excluding tert-OH is 1. The van der Waals surface area contributed by atoms with Crippen molar-refractivity contribution in [3.63, 3.8) is 0 Å². The molecule has 1 unspecified atom stereocenters. The molecular formula is C15H18N2O3S. The Bertz CT molecular complexity index is 621. The lowest BCUT2D eigenvalue weighted by molar-refractivity contribution is 0.0615. The highest BCUT2D eigenvalue weighted by Gasteiger charge is 2.27. The standard InChI is InChI=1S/C15H18N2O3S/c1-10-13(16-14(21-10)12-5-3-7-20-12)15(19)17-6-2-4-11(8-17)9-18/h3,5,7,11,18H,2,4,6,8-9H2,1H3. The molecule has 0 bridgehead atoms. The molecule has 21 heavy (non-hydrogen) atoms. The number of nitrogens with zero attached hydrogens (tertiary/aromatic N) is 2. The van der Waals surface area contributed by atoms with E-state index in [1.807, 2.05) is 19.1 Å². The van der Waals surface area contributed by atoms with Gasteiger partial charge in [-0.1, -0.05) is 0 Å². The maximum absolute atomic E-state index is 12.6. The van der Waals surface area contributed by atoms with Crippen molar-refractivity contribution < 1.29 is 14.3 Å². The van der Waals surface area contributed by atoms with Crippen LogP contribution in [0, 0.1) is 12.8 Å². The highest BCUT2D eigenvalue weighted by molar-refractivity contribution is 7.15. The monoisotopic (exact) mass is 306 g/mol. The average Bonchev–Trinajstić information content (AvgIpc) is 3.16. The molecule has 1 amide bonds. The lowest BCUT2D eigenvalue weighted by atomic mass is 9.99. The van der Waals surface area contributed by atoms with Gasteiger partial charge in [-0.25, -0.2) is 4.98 Å². The molecule has 1 saturated heterocycles. The van der Waals surface area contributed by atoms with Gasteiger partial charge in [0, 0.05) is 24.6 Å². The third-order valence-corrected chi connectivity index (χ3v) is 4.78. The SMILES string of the molecule is Cc1sc(-c2ccco2)nc1C(=O)N1CCCC(CO)C1. The van der Waals surface area contributed by atoms with Crippen LogP contribution < -0.4 is 0 Å². The first-order chi connectivity index (χ1) is 10.2. The van der Waals surface area contributed by atoms with E-state index in [1.54, 1.807) is 11.2 Å². The van der Waals surface area contributed by atoms with Gasteiger partial charge in [-0.15, -0.1) is 11.3 Å². The van der Waals surface area contributed by atoms with E-state index in [4.69, 9.17) is 4.42 Å². The van der Waals surface area contributed by atoms with Crippen LogP contribution in [0.1, 0.15) is 28.2 Å². The molecule has 3 heterocycles. The number of likely N-dealkylation sites (tertiary alicyclic amines) is 1. The van der Waals surface area contributed by atoms with Gasteiger partial charge in [-0.2, -0.15) is 0 Å². The maximum Gasteiger partial charge on any atom is 0.273 e. The van der Waals surface area contributed by atoms with Crippen molar-refractivity contribution in [2.75, 3.05) is 19.7 Å². The van der Waals surface area contributed by atoms with Crippen molar-refractivity contribution in [1.29, 1.82) is 0 Å². The molecular weight excluding hydrogens is 288 g/mol. The van der Waals surface area contributed by atoms with Gasteiger partial charge in [0.1, 0.15) is 5.69 Å². The smallest absolute Gasteiger partial charge is 0.273 e. The quantitative estimate of drug-likeness (QED) is 0.946. The number of aromatic nitrogens is 1. The number of carbonyl (C=O) groups is 1. The molecule has 0 spiro atoms.